The maximum atomic E-state index is 12.6. The Morgan fingerprint density at radius 3 is 2.72 bits per heavy atom. The summed E-state index contributed by atoms with van der Waals surface area (Å²) in [6, 6.07) is 8.57. The third-order valence-corrected chi connectivity index (χ3v) is 5.06. The standard InChI is InChI=1S/C19H27N3O2.ClH/c1-15-4-6-16(7-5-15)8-9-18(23)21-11-2-3-17(14-21)22-12-10-20-13-19(22)24;/h4-7,17,20H,2-3,8-14H2,1H3;1H. The zero-order chi connectivity index (χ0) is 16.9. The van der Waals surface area contributed by atoms with Crippen LogP contribution in [-0.4, -0.2) is 60.4 Å². The van der Waals surface area contributed by atoms with Crippen molar-refractivity contribution in [2.24, 2.45) is 0 Å². The number of halogens is 1. The van der Waals surface area contributed by atoms with Gasteiger partial charge in [-0.15, -0.1) is 12.4 Å². The number of carbonyl (C=O) groups excluding carboxylic acids is 2. The van der Waals surface area contributed by atoms with Crippen LogP contribution in [0.2, 0.25) is 0 Å². The maximum absolute atomic E-state index is 12.6. The number of benzene rings is 1. The fourth-order valence-corrected chi connectivity index (χ4v) is 3.61. The van der Waals surface area contributed by atoms with E-state index in [0.29, 0.717) is 19.5 Å². The van der Waals surface area contributed by atoms with Crippen molar-refractivity contribution in [2.75, 3.05) is 32.7 Å². The highest BCUT2D eigenvalue weighted by molar-refractivity contribution is 5.85. The van der Waals surface area contributed by atoms with E-state index in [1.807, 2.05) is 9.80 Å². The van der Waals surface area contributed by atoms with Gasteiger partial charge >= 0.3 is 0 Å². The van der Waals surface area contributed by atoms with Crippen molar-refractivity contribution < 1.29 is 9.59 Å². The molecular weight excluding hydrogens is 338 g/mol. The quantitative estimate of drug-likeness (QED) is 0.884. The Morgan fingerprint density at radius 2 is 2.00 bits per heavy atom. The normalized spacial score (nSPS) is 21.0. The molecule has 1 atom stereocenters. The van der Waals surface area contributed by atoms with Crippen LogP contribution in [0, 0.1) is 6.92 Å². The number of likely N-dealkylation sites (tertiary alicyclic amines) is 1. The molecule has 2 amide bonds. The van der Waals surface area contributed by atoms with E-state index in [9.17, 15) is 9.59 Å². The van der Waals surface area contributed by atoms with Crippen LogP contribution in [0.25, 0.3) is 0 Å². The molecule has 2 fully saturated rings. The second-order valence-electron chi connectivity index (χ2n) is 6.89. The van der Waals surface area contributed by atoms with Crippen molar-refractivity contribution in [1.29, 1.82) is 0 Å². The molecule has 1 aromatic rings. The van der Waals surface area contributed by atoms with E-state index in [0.717, 1.165) is 38.9 Å². The second kappa shape index (κ2) is 9.20. The molecule has 0 radical (unpaired) electrons. The number of nitrogens with one attached hydrogen (secondary N) is 1. The molecule has 0 spiro atoms. The van der Waals surface area contributed by atoms with Crippen molar-refractivity contribution in [3.63, 3.8) is 0 Å². The predicted octanol–water partition coefficient (Wildman–Crippen LogP) is 1.77. The van der Waals surface area contributed by atoms with Crippen molar-refractivity contribution in [2.45, 2.75) is 38.6 Å². The highest BCUT2D eigenvalue weighted by atomic mass is 35.5. The van der Waals surface area contributed by atoms with E-state index in [-0.39, 0.29) is 30.3 Å². The van der Waals surface area contributed by atoms with Gasteiger partial charge in [-0.1, -0.05) is 29.8 Å². The summed E-state index contributed by atoms with van der Waals surface area (Å²) in [4.78, 5) is 28.6. The van der Waals surface area contributed by atoms with Gasteiger partial charge < -0.3 is 15.1 Å². The van der Waals surface area contributed by atoms with Crippen molar-refractivity contribution >= 4 is 24.2 Å². The van der Waals surface area contributed by atoms with E-state index in [1.165, 1.54) is 11.1 Å². The van der Waals surface area contributed by atoms with Gasteiger partial charge in [0, 0.05) is 38.6 Å². The first-order valence-corrected chi connectivity index (χ1v) is 8.97. The summed E-state index contributed by atoms with van der Waals surface area (Å²) in [6.45, 7) is 5.62. The lowest BCUT2D eigenvalue weighted by Crippen LogP contribution is -2.57. The first-order valence-electron chi connectivity index (χ1n) is 8.97. The largest absolute Gasteiger partial charge is 0.341 e. The number of hydrogen-bond donors (Lipinski definition) is 1. The third kappa shape index (κ3) is 5.19. The predicted molar refractivity (Wildman–Crippen MR) is 101 cm³/mol. The lowest BCUT2D eigenvalue weighted by Gasteiger charge is -2.41. The Labute approximate surface area is 156 Å². The fourth-order valence-electron chi connectivity index (χ4n) is 3.61. The summed E-state index contributed by atoms with van der Waals surface area (Å²) < 4.78 is 0. The van der Waals surface area contributed by atoms with Crippen LogP contribution in [-0.2, 0) is 16.0 Å². The van der Waals surface area contributed by atoms with Gasteiger partial charge in [-0.2, -0.15) is 0 Å². The minimum atomic E-state index is 0. The van der Waals surface area contributed by atoms with Crippen LogP contribution in [0.4, 0.5) is 0 Å². The van der Waals surface area contributed by atoms with E-state index < -0.39 is 0 Å². The number of nitrogens with zero attached hydrogens (tertiary/aromatic N) is 2. The van der Waals surface area contributed by atoms with E-state index in [1.54, 1.807) is 0 Å². The van der Waals surface area contributed by atoms with Gasteiger partial charge in [-0.05, 0) is 31.7 Å². The van der Waals surface area contributed by atoms with Crippen LogP contribution in [0.1, 0.15) is 30.4 Å². The van der Waals surface area contributed by atoms with Crippen LogP contribution in [0.5, 0.6) is 0 Å². The molecule has 1 aromatic carbocycles. The van der Waals surface area contributed by atoms with Gasteiger partial charge in [0.25, 0.3) is 0 Å². The van der Waals surface area contributed by atoms with Crippen molar-refractivity contribution in [1.82, 2.24) is 15.1 Å². The molecule has 0 saturated carbocycles. The Balaban J connectivity index is 0.00000225. The Morgan fingerprint density at radius 1 is 1.24 bits per heavy atom. The smallest absolute Gasteiger partial charge is 0.236 e. The van der Waals surface area contributed by atoms with Gasteiger partial charge in [0.15, 0.2) is 0 Å². The third-order valence-electron chi connectivity index (χ3n) is 5.06. The number of rotatable bonds is 4. The summed E-state index contributed by atoms with van der Waals surface area (Å²) in [6.07, 6.45) is 3.32. The summed E-state index contributed by atoms with van der Waals surface area (Å²) in [5.74, 6) is 0.378. The Kier molecular flexibility index (Phi) is 7.26. The molecule has 5 nitrogen and oxygen atoms in total. The van der Waals surface area contributed by atoms with Crippen molar-refractivity contribution in [3.05, 3.63) is 35.4 Å². The summed E-state index contributed by atoms with van der Waals surface area (Å²) in [7, 11) is 0. The molecule has 1 unspecified atom stereocenters. The molecule has 1 N–H and O–H groups in total. The molecule has 0 aliphatic carbocycles. The fraction of sp³-hybridized carbons (Fsp3) is 0.579. The number of carbonyl (C=O) groups is 2. The van der Waals surface area contributed by atoms with E-state index >= 15 is 0 Å². The first kappa shape index (κ1) is 19.7. The number of piperazine rings is 1. The molecule has 3 rings (SSSR count). The molecule has 25 heavy (non-hydrogen) atoms. The molecular formula is C19H28ClN3O2. The summed E-state index contributed by atoms with van der Waals surface area (Å²) >= 11 is 0. The highest BCUT2D eigenvalue weighted by Gasteiger charge is 2.31. The zero-order valence-electron chi connectivity index (χ0n) is 14.9. The van der Waals surface area contributed by atoms with Crippen LogP contribution in [0.3, 0.4) is 0 Å². The lowest BCUT2D eigenvalue weighted by molar-refractivity contribution is -0.140. The van der Waals surface area contributed by atoms with Gasteiger partial charge in [0.1, 0.15) is 0 Å². The average molecular weight is 366 g/mol. The summed E-state index contributed by atoms with van der Waals surface area (Å²) in [5.41, 5.74) is 2.45. The Bertz CT molecular complexity index is 591. The number of amides is 2. The molecule has 138 valence electrons. The molecule has 2 saturated heterocycles. The number of aryl methyl sites for hydroxylation is 2. The van der Waals surface area contributed by atoms with Gasteiger partial charge in [0.05, 0.1) is 6.54 Å². The SMILES string of the molecule is Cc1ccc(CCC(=O)N2CCCC(N3CCNCC3=O)C2)cc1.Cl. The molecule has 2 aliphatic heterocycles. The van der Waals surface area contributed by atoms with Gasteiger partial charge in [-0.25, -0.2) is 0 Å². The monoisotopic (exact) mass is 365 g/mol. The van der Waals surface area contributed by atoms with Gasteiger partial charge in [-0.3, -0.25) is 9.59 Å². The molecule has 2 aliphatic rings. The summed E-state index contributed by atoms with van der Waals surface area (Å²) in [5, 5.41) is 3.11. The van der Waals surface area contributed by atoms with Crippen LogP contribution >= 0.6 is 12.4 Å². The molecule has 2 heterocycles. The molecule has 0 aromatic heterocycles. The second-order valence-corrected chi connectivity index (χ2v) is 6.89. The average Bonchev–Trinajstić information content (AvgIpc) is 2.61. The maximum Gasteiger partial charge on any atom is 0.236 e. The minimum Gasteiger partial charge on any atom is -0.341 e. The lowest BCUT2D eigenvalue weighted by atomic mass is 10.0. The number of hydrogen-bond acceptors (Lipinski definition) is 3. The minimum absolute atomic E-state index is 0. The zero-order valence-corrected chi connectivity index (χ0v) is 15.7. The first-order chi connectivity index (χ1) is 11.6. The molecule has 0 bridgehead atoms. The van der Waals surface area contributed by atoms with Crippen LogP contribution < -0.4 is 5.32 Å². The van der Waals surface area contributed by atoms with Crippen molar-refractivity contribution in [3.8, 4) is 0 Å². The van der Waals surface area contributed by atoms with Gasteiger partial charge in [0.2, 0.25) is 11.8 Å². The van der Waals surface area contributed by atoms with Crippen LogP contribution in [0.15, 0.2) is 24.3 Å². The van der Waals surface area contributed by atoms with E-state index in [4.69, 9.17) is 0 Å². The number of piperidine rings is 1. The Hall–Kier alpha value is -1.59. The van der Waals surface area contributed by atoms with E-state index in [2.05, 4.69) is 36.5 Å². The molecule has 6 heteroatoms. The highest BCUT2D eigenvalue weighted by Crippen LogP contribution is 2.18. The topological polar surface area (TPSA) is 52.7 Å².